The van der Waals surface area contributed by atoms with E-state index in [0.29, 0.717) is 31.1 Å². The maximum absolute atomic E-state index is 5.71. The van der Waals surface area contributed by atoms with Gasteiger partial charge < -0.3 is 19.7 Å². The molecule has 0 saturated carbocycles. The average Bonchev–Trinajstić information content (AvgIpc) is 2.38. The molecule has 0 radical (unpaired) electrons. The van der Waals surface area contributed by atoms with E-state index in [2.05, 4.69) is 39.0 Å². The van der Waals surface area contributed by atoms with Gasteiger partial charge in [0.05, 0.1) is 18.8 Å². The Balaban J connectivity index is 2.24. The van der Waals surface area contributed by atoms with Crippen molar-refractivity contribution in [2.45, 2.75) is 33.3 Å². The molecule has 1 aromatic rings. The zero-order valence-corrected chi connectivity index (χ0v) is 12.6. The van der Waals surface area contributed by atoms with E-state index in [4.69, 9.17) is 9.47 Å². The molecule has 0 aliphatic carbocycles. The normalized spacial score (nSPS) is 17.9. The Bertz CT molecular complexity index is 428. The number of ether oxygens (including phenoxy) is 2. The molecule has 1 N–H and O–H groups in total. The number of morpholine rings is 1. The summed E-state index contributed by atoms with van der Waals surface area (Å²) in [6.07, 6.45) is 0. The smallest absolute Gasteiger partial charge is 0.323 e. The Morgan fingerprint density at radius 3 is 2.75 bits per heavy atom. The number of aromatic nitrogens is 3. The van der Waals surface area contributed by atoms with Crippen LogP contribution in [-0.2, 0) is 4.74 Å². The molecule has 1 aliphatic heterocycles. The second-order valence-corrected chi connectivity index (χ2v) is 5.23. The van der Waals surface area contributed by atoms with Crippen LogP contribution in [0.5, 0.6) is 6.01 Å². The minimum Gasteiger partial charge on any atom is -0.464 e. The van der Waals surface area contributed by atoms with E-state index in [9.17, 15) is 0 Å². The Morgan fingerprint density at radius 1 is 1.30 bits per heavy atom. The van der Waals surface area contributed by atoms with Crippen molar-refractivity contribution in [1.82, 2.24) is 15.0 Å². The molecule has 0 bridgehead atoms. The van der Waals surface area contributed by atoms with Crippen LogP contribution >= 0.6 is 0 Å². The zero-order valence-electron chi connectivity index (χ0n) is 12.6. The van der Waals surface area contributed by atoms with Crippen molar-refractivity contribution >= 4 is 11.9 Å². The lowest BCUT2D eigenvalue weighted by Gasteiger charge is -2.38. The summed E-state index contributed by atoms with van der Waals surface area (Å²) in [5.74, 6) is 1.18. The average molecular weight is 281 g/mol. The van der Waals surface area contributed by atoms with Crippen molar-refractivity contribution in [3.8, 4) is 6.01 Å². The fourth-order valence-corrected chi connectivity index (χ4v) is 2.11. The fourth-order valence-electron chi connectivity index (χ4n) is 2.11. The van der Waals surface area contributed by atoms with Gasteiger partial charge in [0, 0.05) is 19.6 Å². The highest BCUT2D eigenvalue weighted by molar-refractivity contribution is 5.39. The van der Waals surface area contributed by atoms with Crippen LogP contribution in [0.15, 0.2) is 0 Å². The van der Waals surface area contributed by atoms with E-state index in [0.717, 1.165) is 19.6 Å². The van der Waals surface area contributed by atoms with Gasteiger partial charge in [-0.3, -0.25) is 0 Å². The van der Waals surface area contributed by atoms with Crippen LogP contribution < -0.4 is 15.0 Å². The largest absolute Gasteiger partial charge is 0.464 e. The van der Waals surface area contributed by atoms with E-state index in [1.54, 1.807) is 0 Å². The zero-order chi connectivity index (χ0) is 14.6. The first kappa shape index (κ1) is 14.8. The lowest BCUT2D eigenvalue weighted by molar-refractivity contribution is -0.0281. The number of nitrogens with one attached hydrogen (secondary N) is 1. The predicted octanol–water partition coefficient (Wildman–Crippen LogP) is 1.32. The third-order valence-corrected chi connectivity index (χ3v) is 2.92. The number of hydrogen-bond acceptors (Lipinski definition) is 7. The number of anilines is 2. The molecule has 7 heteroatoms. The van der Waals surface area contributed by atoms with E-state index >= 15 is 0 Å². The number of rotatable bonds is 5. The summed E-state index contributed by atoms with van der Waals surface area (Å²) in [6, 6.07) is 0.359. The van der Waals surface area contributed by atoms with E-state index in [1.807, 2.05) is 13.8 Å². The minimum atomic E-state index is -0.199. The Hall–Kier alpha value is -1.63. The summed E-state index contributed by atoms with van der Waals surface area (Å²) in [7, 11) is 0. The van der Waals surface area contributed by atoms with Gasteiger partial charge in [-0.2, -0.15) is 15.0 Å². The second-order valence-electron chi connectivity index (χ2n) is 5.23. The van der Waals surface area contributed by atoms with Gasteiger partial charge in [-0.1, -0.05) is 0 Å². The third-order valence-electron chi connectivity index (χ3n) is 2.92. The van der Waals surface area contributed by atoms with Crippen molar-refractivity contribution in [3.63, 3.8) is 0 Å². The molecule has 0 atom stereocenters. The Labute approximate surface area is 119 Å². The van der Waals surface area contributed by atoms with Crippen LogP contribution in [0.1, 0.15) is 27.7 Å². The summed E-state index contributed by atoms with van der Waals surface area (Å²) < 4.78 is 11.1. The second kappa shape index (κ2) is 6.21. The Kier molecular flexibility index (Phi) is 4.59. The Morgan fingerprint density at radius 2 is 2.10 bits per heavy atom. The monoisotopic (exact) mass is 281 g/mol. The third kappa shape index (κ3) is 3.69. The molecule has 1 aliphatic rings. The van der Waals surface area contributed by atoms with Crippen molar-refractivity contribution < 1.29 is 9.47 Å². The molecular formula is C13H23N5O2. The van der Waals surface area contributed by atoms with Crippen LogP contribution in [0.3, 0.4) is 0 Å². The van der Waals surface area contributed by atoms with Gasteiger partial charge in [0.2, 0.25) is 11.9 Å². The standard InChI is InChI=1S/C13H23N5O2/c1-5-14-10-15-11(17-12(16-10)19-6-2)18-7-8-20-13(3,4)9-18/h5-9H2,1-4H3,(H,14,15,16,17). The molecular weight excluding hydrogens is 258 g/mol. The topological polar surface area (TPSA) is 72.4 Å². The summed E-state index contributed by atoms with van der Waals surface area (Å²) >= 11 is 0. The van der Waals surface area contributed by atoms with Gasteiger partial charge in [-0.05, 0) is 27.7 Å². The van der Waals surface area contributed by atoms with Gasteiger partial charge in [0.15, 0.2) is 0 Å². The molecule has 1 fully saturated rings. The molecule has 1 saturated heterocycles. The first-order chi connectivity index (χ1) is 9.54. The van der Waals surface area contributed by atoms with E-state index in [1.165, 1.54) is 0 Å². The molecule has 2 rings (SSSR count). The van der Waals surface area contributed by atoms with Crippen LogP contribution in [0.4, 0.5) is 11.9 Å². The molecule has 7 nitrogen and oxygen atoms in total. The first-order valence-corrected chi connectivity index (χ1v) is 7.05. The first-order valence-electron chi connectivity index (χ1n) is 7.05. The summed E-state index contributed by atoms with van der Waals surface area (Å²) in [4.78, 5) is 15.2. The molecule has 20 heavy (non-hydrogen) atoms. The van der Waals surface area contributed by atoms with Crippen molar-refractivity contribution in [2.24, 2.45) is 0 Å². The summed E-state index contributed by atoms with van der Waals surface area (Å²) in [5.41, 5.74) is -0.199. The fraction of sp³-hybridized carbons (Fsp3) is 0.769. The van der Waals surface area contributed by atoms with Crippen molar-refractivity contribution in [2.75, 3.05) is 43.1 Å². The van der Waals surface area contributed by atoms with Gasteiger partial charge in [0.1, 0.15) is 0 Å². The van der Waals surface area contributed by atoms with Crippen LogP contribution in [0.25, 0.3) is 0 Å². The maximum atomic E-state index is 5.71. The highest BCUT2D eigenvalue weighted by Crippen LogP contribution is 2.22. The molecule has 0 unspecified atom stereocenters. The van der Waals surface area contributed by atoms with Gasteiger partial charge in [-0.15, -0.1) is 0 Å². The summed E-state index contributed by atoms with van der Waals surface area (Å²) in [5, 5.41) is 3.11. The molecule has 2 heterocycles. The van der Waals surface area contributed by atoms with Gasteiger partial charge in [0.25, 0.3) is 0 Å². The highest BCUT2D eigenvalue weighted by atomic mass is 16.5. The van der Waals surface area contributed by atoms with Gasteiger partial charge >= 0.3 is 6.01 Å². The predicted molar refractivity (Wildman–Crippen MR) is 77.4 cm³/mol. The molecule has 1 aromatic heterocycles. The quantitative estimate of drug-likeness (QED) is 0.872. The summed E-state index contributed by atoms with van der Waals surface area (Å²) in [6.45, 7) is 11.5. The van der Waals surface area contributed by atoms with E-state index < -0.39 is 0 Å². The van der Waals surface area contributed by atoms with Crippen LogP contribution in [-0.4, -0.2) is 53.4 Å². The van der Waals surface area contributed by atoms with E-state index in [-0.39, 0.29) is 5.60 Å². The van der Waals surface area contributed by atoms with Crippen LogP contribution in [0.2, 0.25) is 0 Å². The lowest BCUT2D eigenvalue weighted by atomic mass is 10.1. The molecule has 0 spiro atoms. The molecule has 0 aromatic carbocycles. The molecule has 0 amide bonds. The number of nitrogens with zero attached hydrogens (tertiary/aromatic N) is 4. The lowest BCUT2D eigenvalue weighted by Crippen LogP contribution is -2.49. The SMILES string of the molecule is CCNc1nc(OCC)nc(N2CCOC(C)(C)C2)n1. The van der Waals surface area contributed by atoms with Gasteiger partial charge in [-0.25, -0.2) is 0 Å². The minimum absolute atomic E-state index is 0.199. The maximum Gasteiger partial charge on any atom is 0.323 e. The molecule has 112 valence electrons. The van der Waals surface area contributed by atoms with Crippen molar-refractivity contribution in [1.29, 1.82) is 0 Å². The van der Waals surface area contributed by atoms with Crippen LogP contribution in [0, 0.1) is 0 Å². The highest BCUT2D eigenvalue weighted by Gasteiger charge is 2.29. The van der Waals surface area contributed by atoms with Crippen molar-refractivity contribution in [3.05, 3.63) is 0 Å². The number of hydrogen-bond donors (Lipinski definition) is 1.